The number of hydrogen-bond donors (Lipinski definition) is 1. The minimum Gasteiger partial charge on any atom is -0.295 e. The van der Waals surface area contributed by atoms with Gasteiger partial charge in [-0.2, -0.15) is 0 Å². The smallest absolute Gasteiger partial charge is 0.271 e. The van der Waals surface area contributed by atoms with Crippen LogP contribution in [0.1, 0.15) is 5.69 Å². The van der Waals surface area contributed by atoms with Crippen LogP contribution in [0.4, 0.5) is 14.5 Å². The molecule has 0 amide bonds. The predicted molar refractivity (Wildman–Crippen MR) is 89.8 cm³/mol. The Morgan fingerprint density at radius 2 is 2.21 bits per heavy atom. The van der Waals surface area contributed by atoms with Gasteiger partial charge in [-0.3, -0.25) is 9.89 Å². The molecule has 0 spiro atoms. The van der Waals surface area contributed by atoms with Gasteiger partial charge in [0.1, 0.15) is 0 Å². The topological polar surface area (TPSA) is 54.5 Å². The number of halogens is 2. The summed E-state index contributed by atoms with van der Waals surface area (Å²) in [6, 6.07) is 5.23. The summed E-state index contributed by atoms with van der Waals surface area (Å²) < 4.78 is 28.1. The van der Waals surface area contributed by atoms with E-state index in [-0.39, 0.29) is 27.5 Å². The average Bonchev–Trinajstić information content (AvgIpc) is 2.94. The van der Waals surface area contributed by atoms with Crippen molar-refractivity contribution in [2.45, 2.75) is 15.7 Å². The van der Waals surface area contributed by atoms with Gasteiger partial charge in [-0.25, -0.2) is 23.1 Å². The molecule has 3 aromatic rings. The van der Waals surface area contributed by atoms with Crippen LogP contribution in [0.25, 0.3) is 10.5 Å². The van der Waals surface area contributed by atoms with Gasteiger partial charge in [-0.15, -0.1) is 23.5 Å². The van der Waals surface area contributed by atoms with Crippen LogP contribution in [0.5, 0.6) is 0 Å². The van der Waals surface area contributed by atoms with E-state index < -0.39 is 11.6 Å². The highest BCUT2D eigenvalue weighted by Gasteiger charge is 2.15. The Kier molecular flexibility index (Phi) is 4.59. The third-order valence-electron chi connectivity index (χ3n) is 3.22. The standard InChI is InChI=1S/C15H10F2N4OS2/c1-18-13-14-19-8(6-11(22)21(14)20-15(13)23-2)7-24-10-5-3-4-9(16)12(10)17/h3-6,20H,7H2,2H3. The second kappa shape index (κ2) is 6.67. The number of nitrogens with one attached hydrogen (secondary N) is 1. The Balaban J connectivity index is 1.97. The first-order valence-electron chi connectivity index (χ1n) is 6.68. The van der Waals surface area contributed by atoms with Gasteiger partial charge in [0, 0.05) is 16.7 Å². The van der Waals surface area contributed by atoms with Crippen molar-refractivity contribution in [1.82, 2.24) is 14.6 Å². The number of aromatic nitrogens is 3. The molecule has 0 saturated carbocycles. The fraction of sp³-hybridized carbons (Fsp3) is 0.133. The number of nitrogens with zero attached hydrogens (tertiary/aromatic N) is 3. The largest absolute Gasteiger partial charge is 0.295 e. The zero-order valence-electron chi connectivity index (χ0n) is 12.3. The molecule has 0 aliphatic heterocycles. The molecule has 2 heterocycles. The summed E-state index contributed by atoms with van der Waals surface area (Å²) >= 11 is 2.35. The third-order valence-corrected chi connectivity index (χ3v) is 4.98. The minimum absolute atomic E-state index is 0.140. The van der Waals surface area contributed by atoms with Gasteiger partial charge in [0.25, 0.3) is 11.2 Å². The number of hydrogen-bond acceptors (Lipinski definition) is 4. The van der Waals surface area contributed by atoms with Crippen LogP contribution < -0.4 is 5.56 Å². The van der Waals surface area contributed by atoms with Crippen molar-refractivity contribution in [2.24, 2.45) is 0 Å². The second-order valence-corrected chi connectivity index (χ2v) is 6.52. The Bertz CT molecular complexity index is 1020. The lowest BCUT2D eigenvalue weighted by atomic mass is 10.3. The summed E-state index contributed by atoms with van der Waals surface area (Å²) in [5.74, 6) is -1.66. The summed E-state index contributed by atoms with van der Waals surface area (Å²) in [4.78, 5) is 20.0. The molecule has 0 aliphatic rings. The van der Waals surface area contributed by atoms with Gasteiger partial charge >= 0.3 is 0 Å². The third kappa shape index (κ3) is 2.90. The number of thioether (sulfide) groups is 2. The van der Waals surface area contributed by atoms with E-state index in [1.54, 1.807) is 6.26 Å². The van der Waals surface area contributed by atoms with E-state index in [1.807, 2.05) is 0 Å². The van der Waals surface area contributed by atoms with Crippen LogP contribution >= 0.6 is 23.5 Å². The van der Waals surface area contributed by atoms with Crippen LogP contribution in [-0.4, -0.2) is 20.9 Å². The van der Waals surface area contributed by atoms with Gasteiger partial charge < -0.3 is 0 Å². The molecule has 1 N–H and O–H groups in total. The summed E-state index contributed by atoms with van der Waals surface area (Å²) in [7, 11) is 0. The number of fused-ring (bicyclic) bond motifs is 1. The van der Waals surface area contributed by atoms with Crippen molar-refractivity contribution >= 4 is 34.9 Å². The van der Waals surface area contributed by atoms with Crippen LogP contribution in [0.2, 0.25) is 0 Å². The summed E-state index contributed by atoms with van der Waals surface area (Å²) in [6.45, 7) is 7.26. The van der Waals surface area contributed by atoms with Crippen molar-refractivity contribution < 1.29 is 8.78 Å². The maximum absolute atomic E-state index is 13.7. The van der Waals surface area contributed by atoms with Crippen LogP contribution in [0.15, 0.2) is 39.0 Å². The molecule has 3 rings (SSSR count). The van der Waals surface area contributed by atoms with Crippen molar-refractivity contribution in [2.75, 3.05) is 6.26 Å². The zero-order chi connectivity index (χ0) is 17.3. The van der Waals surface area contributed by atoms with E-state index in [9.17, 15) is 13.6 Å². The fourth-order valence-corrected chi connectivity index (χ4v) is 3.48. The lowest BCUT2D eigenvalue weighted by Gasteiger charge is -2.04. The summed E-state index contributed by atoms with van der Waals surface area (Å²) in [5.41, 5.74) is 0.534. The molecule has 0 bridgehead atoms. The lowest BCUT2D eigenvalue weighted by molar-refractivity contribution is 0.491. The summed E-state index contributed by atoms with van der Waals surface area (Å²) in [6.07, 6.45) is 1.79. The Morgan fingerprint density at radius 1 is 1.42 bits per heavy atom. The van der Waals surface area contributed by atoms with Crippen LogP contribution in [0.3, 0.4) is 0 Å². The van der Waals surface area contributed by atoms with Crippen molar-refractivity contribution in [3.63, 3.8) is 0 Å². The van der Waals surface area contributed by atoms with E-state index in [1.165, 1.54) is 34.5 Å². The normalized spacial score (nSPS) is 10.9. The van der Waals surface area contributed by atoms with Crippen LogP contribution in [0, 0.1) is 18.2 Å². The van der Waals surface area contributed by atoms with E-state index in [0.29, 0.717) is 10.7 Å². The molecule has 0 aliphatic carbocycles. The molecule has 0 radical (unpaired) electrons. The molecule has 122 valence electrons. The highest BCUT2D eigenvalue weighted by Crippen LogP contribution is 2.31. The summed E-state index contributed by atoms with van der Waals surface area (Å²) in [5, 5.41) is 3.38. The van der Waals surface area contributed by atoms with Crippen LogP contribution in [-0.2, 0) is 5.75 Å². The Morgan fingerprint density at radius 3 is 2.92 bits per heavy atom. The Hall–Kier alpha value is -2.31. The number of benzene rings is 1. The molecular weight excluding hydrogens is 354 g/mol. The minimum atomic E-state index is -0.923. The quantitative estimate of drug-likeness (QED) is 0.564. The van der Waals surface area contributed by atoms with Crippen molar-refractivity contribution in [1.29, 1.82) is 0 Å². The maximum atomic E-state index is 13.7. The van der Waals surface area contributed by atoms with E-state index in [0.717, 1.165) is 17.8 Å². The highest BCUT2D eigenvalue weighted by molar-refractivity contribution is 7.98. The first kappa shape index (κ1) is 16.5. The molecule has 5 nitrogen and oxygen atoms in total. The van der Waals surface area contributed by atoms with Gasteiger partial charge in [0.05, 0.1) is 17.3 Å². The highest BCUT2D eigenvalue weighted by atomic mass is 32.2. The predicted octanol–water partition coefficient (Wildman–Crippen LogP) is 3.87. The van der Waals surface area contributed by atoms with Gasteiger partial charge in [-0.05, 0) is 18.4 Å². The van der Waals surface area contributed by atoms with E-state index >= 15 is 0 Å². The molecule has 2 aromatic heterocycles. The molecule has 0 fully saturated rings. The molecule has 0 saturated heterocycles. The lowest BCUT2D eigenvalue weighted by Crippen LogP contribution is -2.15. The number of H-pyrrole nitrogens is 1. The Labute approximate surface area is 143 Å². The van der Waals surface area contributed by atoms with Gasteiger partial charge in [0.2, 0.25) is 0 Å². The SMILES string of the molecule is [C-]#[N+]c1c(SC)[nH]n2c(=O)cc(CSc3cccc(F)c3F)nc12. The molecular formula is C15H10F2N4OS2. The number of rotatable bonds is 4. The van der Waals surface area contributed by atoms with E-state index in [4.69, 9.17) is 6.57 Å². The monoisotopic (exact) mass is 364 g/mol. The van der Waals surface area contributed by atoms with Gasteiger partial charge in [0.15, 0.2) is 17.3 Å². The maximum Gasteiger partial charge on any atom is 0.271 e. The first-order chi connectivity index (χ1) is 11.5. The number of aromatic amines is 1. The second-order valence-electron chi connectivity index (χ2n) is 4.69. The van der Waals surface area contributed by atoms with Gasteiger partial charge in [-0.1, -0.05) is 6.07 Å². The molecule has 9 heteroatoms. The fourth-order valence-electron chi connectivity index (χ4n) is 2.12. The molecule has 0 unspecified atom stereocenters. The average molecular weight is 364 g/mol. The first-order valence-corrected chi connectivity index (χ1v) is 8.89. The molecule has 0 atom stereocenters. The molecule has 24 heavy (non-hydrogen) atoms. The van der Waals surface area contributed by atoms with Crippen molar-refractivity contribution in [3.05, 3.63) is 63.4 Å². The van der Waals surface area contributed by atoms with Crippen molar-refractivity contribution in [3.8, 4) is 0 Å². The molecule has 1 aromatic carbocycles. The van der Waals surface area contributed by atoms with E-state index in [2.05, 4.69) is 14.9 Å². The zero-order valence-corrected chi connectivity index (χ0v) is 14.0.